The number of carbonyl (C=O) groups is 2. The molecule has 0 aromatic carbocycles. The lowest BCUT2D eigenvalue weighted by atomic mass is 9.87. The van der Waals surface area contributed by atoms with Gasteiger partial charge in [-0.2, -0.15) is 0 Å². The summed E-state index contributed by atoms with van der Waals surface area (Å²) in [6.45, 7) is 0.173. The molecular formula is C15H21N3O10. The summed E-state index contributed by atoms with van der Waals surface area (Å²) in [5, 5.41) is 51.6. The third kappa shape index (κ3) is 3.98. The van der Waals surface area contributed by atoms with Crippen molar-refractivity contribution in [1.29, 1.82) is 0 Å². The van der Waals surface area contributed by atoms with Gasteiger partial charge in [0, 0.05) is 25.6 Å². The Labute approximate surface area is 156 Å². The Bertz CT molecular complexity index is 851. The number of carbonyl (C=O) groups excluding carboxylic acids is 1. The summed E-state index contributed by atoms with van der Waals surface area (Å²) in [5.74, 6) is -2.38. The predicted molar refractivity (Wildman–Crippen MR) is 89.1 cm³/mol. The Morgan fingerprint density at radius 3 is 2.57 bits per heavy atom. The summed E-state index contributed by atoms with van der Waals surface area (Å²) in [6.07, 6.45) is -7.01. The average molecular weight is 403 g/mol. The van der Waals surface area contributed by atoms with Gasteiger partial charge in [-0.3, -0.25) is 19.1 Å². The minimum Gasteiger partial charge on any atom is -0.478 e. The van der Waals surface area contributed by atoms with E-state index in [1.54, 1.807) is 0 Å². The molecule has 0 radical (unpaired) electrons. The van der Waals surface area contributed by atoms with Crippen LogP contribution in [0.4, 0.5) is 0 Å². The van der Waals surface area contributed by atoms with Gasteiger partial charge in [0.2, 0.25) is 5.91 Å². The number of nitrogens with zero attached hydrogens (tertiary/aromatic N) is 1. The quantitative estimate of drug-likeness (QED) is 0.242. The molecule has 1 aliphatic heterocycles. The zero-order valence-electron chi connectivity index (χ0n) is 14.7. The third-order valence-corrected chi connectivity index (χ3v) is 4.42. The first kappa shape index (κ1) is 21.7. The van der Waals surface area contributed by atoms with Crippen LogP contribution in [0.1, 0.15) is 13.3 Å². The van der Waals surface area contributed by atoms with Crippen LogP contribution >= 0.6 is 0 Å². The van der Waals surface area contributed by atoms with Crippen molar-refractivity contribution >= 4 is 11.9 Å². The van der Waals surface area contributed by atoms with Gasteiger partial charge in [-0.05, 0) is 0 Å². The fourth-order valence-corrected chi connectivity index (χ4v) is 3.10. The van der Waals surface area contributed by atoms with Crippen molar-refractivity contribution in [2.75, 3.05) is 6.61 Å². The Morgan fingerprint density at radius 2 is 2.07 bits per heavy atom. The molecule has 1 saturated heterocycles. The van der Waals surface area contributed by atoms with E-state index in [1.807, 2.05) is 4.98 Å². The Kier molecular flexibility index (Phi) is 6.36. The van der Waals surface area contributed by atoms with Crippen LogP contribution in [0.5, 0.6) is 0 Å². The number of nitrogens with one attached hydrogen (secondary N) is 2. The highest BCUT2D eigenvalue weighted by atomic mass is 16.6. The predicted octanol–water partition coefficient (Wildman–Crippen LogP) is -4.36. The second-order valence-electron chi connectivity index (χ2n) is 6.39. The van der Waals surface area contributed by atoms with Crippen molar-refractivity contribution in [2.24, 2.45) is 0 Å². The van der Waals surface area contributed by atoms with Crippen LogP contribution in [-0.2, 0) is 20.1 Å². The maximum absolute atomic E-state index is 12.1. The van der Waals surface area contributed by atoms with Gasteiger partial charge in [-0.1, -0.05) is 0 Å². The van der Waals surface area contributed by atoms with E-state index in [4.69, 9.17) is 9.84 Å². The Hall–Kier alpha value is -2.58. The van der Waals surface area contributed by atoms with E-state index in [0.29, 0.717) is 4.57 Å². The summed E-state index contributed by atoms with van der Waals surface area (Å²) in [4.78, 5) is 48.7. The van der Waals surface area contributed by atoms with Crippen molar-refractivity contribution in [3.05, 3.63) is 33.1 Å². The number of aliphatic hydroxyl groups excluding tert-OH is 4. The highest BCUT2D eigenvalue weighted by molar-refractivity contribution is 5.76. The van der Waals surface area contributed by atoms with Crippen LogP contribution in [0, 0.1) is 0 Å². The monoisotopic (exact) mass is 403 g/mol. The Morgan fingerprint density at radius 1 is 1.43 bits per heavy atom. The minimum atomic E-state index is -2.57. The van der Waals surface area contributed by atoms with Gasteiger partial charge in [-0.25, -0.2) is 9.59 Å². The van der Waals surface area contributed by atoms with Crippen LogP contribution in [0.25, 0.3) is 0 Å². The number of hydrogen-bond donors (Lipinski definition) is 7. The molecule has 0 aliphatic carbocycles. The number of aliphatic carboxylic acids is 1. The molecule has 0 spiro atoms. The maximum Gasteiger partial charge on any atom is 0.358 e. The molecule has 156 valence electrons. The molecule has 0 unspecified atom stereocenters. The molecule has 2 heterocycles. The molecule has 13 heteroatoms. The molecule has 1 aliphatic rings. The molecule has 0 bridgehead atoms. The highest BCUT2D eigenvalue weighted by Gasteiger charge is 2.56. The molecule has 13 nitrogen and oxygen atoms in total. The largest absolute Gasteiger partial charge is 0.478 e. The van der Waals surface area contributed by atoms with Crippen molar-refractivity contribution in [2.45, 2.75) is 49.5 Å². The molecule has 28 heavy (non-hydrogen) atoms. The van der Waals surface area contributed by atoms with Gasteiger partial charge in [0.25, 0.3) is 11.3 Å². The maximum atomic E-state index is 12.1. The molecule has 1 amide bonds. The average Bonchev–Trinajstić information content (AvgIpc) is 2.61. The summed E-state index contributed by atoms with van der Waals surface area (Å²) in [5.41, 5.74) is -4.53. The van der Waals surface area contributed by atoms with E-state index in [9.17, 15) is 39.6 Å². The number of aromatic nitrogens is 2. The molecule has 6 atom stereocenters. The highest BCUT2D eigenvalue weighted by Crippen LogP contribution is 2.35. The summed E-state index contributed by atoms with van der Waals surface area (Å²) in [7, 11) is 0. The lowest BCUT2D eigenvalue weighted by molar-refractivity contribution is -0.256. The molecule has 1 aromatic rings. The van der Waals surface area contributed by atoms with Crippen LogP contribution in [-0.4, -0.2) is 84.0 Å². The number of aromatic amines is 1. The van der Waals surface area contributed by atoms with E-state index < -0.39 is 72.3 Å². The molecule has 2 rings (SSSR count). The van der Waals surface area contributed by atoms with E-state index >= 15 is 0 Å². The van der Waals surface area contributed by atoms with Gasteiger partial charge in [0.05, 0.1) is 18.8 Å². The topological polar surface area (TPSA) is 211 Å². The van der Waals surface area contributed by atoms with Crippen LogP contribution in [0.2, 0.25) is 0 Å². The number of hydrogen-bond acceptors (Lipinski definition) is 9. The number of amides is 1. The lowest BCUT2D eigenvalue weighted by Gasteiger charge is -2.47. The second-order valence-corrected chi connectivity index (χ2v) is 6.39. The van der Waals surface area contributed by atoms with E-state index in [0.717, 1.165) is 19.2 Å². The number of aliphatic hydroxyl groups is 4. The standard InChI is InChI=1S/C15H21N3O10/c1-6(20)16-10-7(21)4-15(13(25)26,18-3-2-9(23)17-14(18)27)28-12(10)11(24)8(22)5-19/h2-3,7-8,10-12,19,21-22,24H,4-5H2,1H3,(H,16,20)(H,25,26)(H,17,23,27)/t7-,8+,10+,11+,12+,15+/m0/s1. The number of carboxylic acid groups (broad SMARTS) is 1. The van der Waals surface area contributed by atoms with Crippen molar-refractivity contribution in [1.82, 2.24) is 14.9 Å². The normalized spacial score (nSPS) is 29.7. The van der Waals surface area contributed by atoms with Gasteiger partial charge in [0.1, 0.15) is 18.3 Å². The Balaban J connectivity index is 2.60. The van der Waals surface area contributed by atoms with Crippen LogP contribution in [0.15, 0.2) is 21.9 Å². The molecule has 1 fully saturated rings. The second kappa shape index (κ2) is 8.20. The molecule has 7 N–H and O–H groups in total. The van der Waals surface area contributed by atoms with Crippen molar-refractivity contribution in [3.63, 3.8) is 0 Å². The fraction of sp³-hybridized carbons (Fsp3) is 0.600. The fourth-order valence-electron chi connectivity index (χ4n) is 3.10. The minimum absolute atomic E-state index is 0.509. The first-order valence-corrected chi connectivity index (χ1v) is 8.19. The molecule has 1 aromatic heterocycles. The third-order valence-electron chi connectivity index (χ3n) is 4.42. The smallest absolute Gasteiger partial charge is 0.358 e. The number of carboxylic acids is 1. The van der Waals surface area contributed by atoms with Gasteiger partial charge in [0.15, 0.2) is 0 Å². The first-order valence-electron chi connectivity index (χ1n) is 8.19. The summed E-state index contributed by atoms with van der Waals surface area (Å²) < 4.78 is 5.97. The molecule has 0 saturated carbocycles. The van der Waals surface area contributed by atoms with Gasteiger partial charge in [-0.15, -0.1) is 0 Å². The zero-order valence-corrected chi connectivity index (χ0v) is 14.7. The van der Waals surface area contributed by atoms with Crippen molar-refractivity contribution in [3.8, 4) is 0 Å². The van der Waals surface area contributed by atoms with E-state index in [1.165, 1.54) is 0 Å². The molecular weight excluding hydrogens is 382 g/mol. The van der Waals surface area contributed by atoms with Crippen molar-refractivity contribution < 1.29 is 39.9 Å². The van der Waals surface area contributed by atoms with Gasteiger partial charge >= 0.3 is 11.7 Å². The van der Waals surface area contributed by atoms with E-state index in [2.05, 4.69) is 5.32 Å². The first-order chi connectivity index (χ1) is 13.0. The van der Waals surface area contributed by atoms with Crippen LogP contribution < -0.4 is 16.6 Å². The SMILES string of the molecule is CC(=O)N[C@H]1[C@H]([C@H](O)[C@H](O)CO)O[C@](C(=O)O)(n2ccc(=O)[nH]c2=O)C[C@@H]1O. The lowest BCUT2D eigenvalue weighted by Crippen LogP contribution is -2.68. The number of ether oxygens (including phenoxy) is 1. The number of H-pyrrole nitrogens is 1. The summed E-state index contributed by atoms with van der Waals surface area (Å²) >= 11 is 0. The van der Waals surface area contributed by atoms with Crippen LogP contribution in [0.3, 0.4) is 0 Å². The van der Waals surface area contributed by atoms with Gasteiger partial charge < -0.3 is 35.6 Å². The zero-order chi connectivity index (χ0) is 21.2. The number of rotatable bonds is 6. The summed E-state index contributed by atoms with van der Waals surface area (Å²) in [6, 6.07) is -0.505. The van der Waals surface area contributed by atoms with E-state index in [-0.39, 0.29) is 0 Å².